The van der Waals surface area contributed by atoms with Crippen LogP contribution in [-0.4, -0.2) is 29.3 Å². The third-order valence-electron chi connectivity index (χ3n) is 4.62. The van der Waals surface area contributed by atoms with Crippen LogP contribution in [0, 0.1) is 6.92 Å². The number of nitrogens with one attached hydrogen (secondary N) is 1. The number of aryl methyl sites for hydroxylation is 1. The van der Waals surface area contributed by atoms with Gasteiger partial charge in [0.1, 0.15) is 6.04 Å². The van der Waals surface area contributed by atoms with Gasteiger partial charge in [-0.1, -0.05) is 49.6 Å². The molecule has 0 aliphatic carbocycles. The summed E-state index contributed by atoms with van der Waals surface area (Å²) in [6.45, 7) is 5.58. The molecule has 1 aromatic carbocycles. The van der Waals surface area contributed by atoms with Crippen molar-refractivity contribution in [1.29, 1.82) is 0 Å². The average Bonchev–Trinajstić information content (AvgIpc) is 2.73. The topological polar surface area (TPSA) is 49.4 Å². The van der Waals surface area contributed by atoms with Gasteiger partial charge in [0, 0.05) is 19.5 Å². The van der Waals surface area contributed by atoms with Gasteiger partial charge >= 0.3 is 0 Å². The number of hydrogen-bond acceptors (Lipinski definition) is 2. The van der Waals surface area contributed by atoms with E-state index in [4.69, 9.17) is 0 Å². The van der Waals surface area contributed by atoms with Crippen molar-refractivity contribution in [3.8, 4) is 0 Å². The Morgan fingerprint density at radius 3 is 2.67 bits per heavy atom. The molecule has 2 amide bonds. The minimum absolute atomic E-state index is 0.0129. The number of rotatable bonds is 7. The van der Waals surface area contributed by atoms with Gasteiger partial charge in [0.15, 0.2) is 0 Å². The summed E-state index contributed by atoms with van der Waals surface area (Å²) in [7, 11) is 0. The number of benzene rings is 1. The summed E-state index contributed by atoms with van der Waals surface area (Å²) >= 11 is 0. The Hall–Kier alpha value is -1.84. The highest BCUT2D eigenvalue weighted by Gasteiger charge is 2.28. The summed E-state index contributed by atoms with van der Waals surface area (Å²) in [4.78, 5) is 26.8. The summed E-state index contributed by atoms with van der Waals surface area (Å²) in [5, 5.41) is 2.96. The Labute approximate surface area is 145 Å². The lowest BCUT2D eigenvalue weighted by molar-refractivity contribution is -0.136. The van der Waals surface area contributed by atoms with Gasteiger partial charge in [0.25, 0.3) is 0 Å². The molecule has 1 aliphatic rings. The lowest BCUT2D eigenvalue weighted by Gasteiger charge is -2.25. The number of amides is 2. The minimum Gasteiger partial charge on any atom is -0.344 e. The van der Waals surface area contributed by atoms with Crippen molar-refractivity contribution in [2.24, 2.45) is 0 Å². The molecule has 0 saturated carbocycles. The van der Waals surface area contributed by atoms with E-state index in [1.807, 2.05) is 4.90 Å². The third-order valence-corrected chi connectivity index (χ3v) is 4.62. The van der Waals surface area contributed by atoms with E-state index in [2.05, 4.69) is 43.4 Å². The van der Waals surface area contributed by atoms with Crippen molar-refractivity contribution >= 4 is 11.8 Å². The fourth-order valence-electron chi connectivity index (χ4n) is 3.11. The first-order valence-electron chi connectivity index (χ1n) is 9.24. The Kier molecular flexibility index (Phi) is 7.29. The molecule has 2 rings (SSSR count). The van der Waals surface area contributed by atoms with Crippen molar-refractivity contribution in [2.75, 3.05) is 6.54 Å². The smallest absolute Gasteiger partial charge is 0.245 e. The lowest BCUT2D eigenvalue weighted by atomic mass is 10.1. The van der Waals surface area contributed by atoms with Crippen LogP contribution in [0.15, 0.2) is 24.3 Å². The quantitative estimate of drug-likeness (QED) is 0.777. The molecule has 0 spiro atoms. The van der Waals surface area contributed by atoms with Crippen LogP contribution in [-0.2, 0) is 16.1 Å². The average molecular weight is 330 g/mol. The Bertz CT molecular complexity index is 539. The van der Waals surface area contributed by atoms with E-state index in [-0.39, 0.29) is 17.9 Å². The minimum atomic E-state index is -0.355. The molecule has 1 atom stereocenters. The van der Waals surface area contributed by atoms with Gasteiger partial charge in [-0.2, -0.15) is 0 Å². The molecule has 0 radical (unpaired) electrons. The SMILES string of the molecule is CCCCCC(=O)NC1CCCCN(Cc2ccc(C)cc2)C1=O. The number of carbonyl (C=O) groups excluding carboxylic acids is 2. The Balaban J connectivity index is 1.93. The normalized spacial score (nSPS) is 18.3. The van der Waals surface area contributed by atoms with E-state index in [9.17, 15) is 9.59 Å². The van der Waals surface area contributed by atoms with Crippen molar-refractivity contribution in [1.82, 2.24) is 10.2 Å². The maximum absolute atomic E-state index is 12.8. The molecule has 1 aliphatic heterocycles. The van der Waals surface area contributed by atoms with Crippen LogP contribution < -0.4 is 5.32 Å². The number of carbonyl (C=O) groups is 2. The van der Waals surface area contributed by atoms with E-state index in [1.165, 1.54) is 5.56 Å². The van der Waals surface area contributed by atoms with Gasteiger partial charge in [-0.25, -0.2) is 0 Å². The standard InChI is InChI=1S/C20H30N2O2/c1-3-4-5-9-19(23)21-18-8-6-7-14-22(20(18)24)15-17-12-10-16(2)11-13-17/h10-13,18H,3-9,14-15H2,1-2H3,(H,21,23). The number of hydrogen-bond donors (Lipinski definition) is 1. The fourth-order valence-corrected chi connectivity index (χ4v) is 3.11. The molecule has 132 valence electrons. The highest BCUT2D eigenvalue weighted by atomic mass is 16.2. The lowest BCUT2D eigenvalue weighted by Crippen LogP contribution is -2.47. The first kappa shape index (κ1) is 18.5. The van der Waals surface area contributed by atoms with E-state index >= 15 is 0 Å². The molecule has 1 unspecified atom stereocenters. The Morgan fingerprint density at radius 2 is 1.96 bits per heavy atom. The van der Waals surface area contributed by atoms with Gasteiger partial charge in [-0.3, -0.25) is 9.59 Å². The first-order chi connectivity index (χ1) is 11.6. The van der Waals surface area contributed by atoms with Gasteiger partial charge in [0.2, 0.25) is 11.8 Å². The molecule has 24 heavy (non-hydrogen) atoms. The molecule has 1 aromatic rings. The molecule has 4 heteroatoms. The second kappa shape index (κ2) is 9.45. The number of nitrogens with zero attached hydrogens (tertiary/aromatic N) is 1. The van der Waals surface area contributed by atoms with Crippen LogP contribution in [0.5, 0.6) is 0 Å². The van der Waals surface area contributed by atoms with E-state index in [0.717, 1.165) is 50.6 Å². The maximum Gasteiger partial charge on any atom is 0.245 e. The van der Waals surface area contributed by atoms with Gasteiger partial charge in [0.05, 0.1) is 0 Å². The molecule has 4 nitrogen and oxygen atoms in total. The van der Waals surface area contributed by atoms with Crippen LogP contribution in [0.3, 0.4) is 0 Å². The molecular formula is C20H30N2O2. The molecular weight excluding hydrogens is 300 g/mol. The highest BCUT2D eigenvalue weighted by molar-refractivity contribution is 5.87. The zero-order chi connectivity index (χ0) is 17.4. The summed E-state index contributed by atoms with van der Waals surface area (Å²) < 4.78 is 0. The largest absolute Gasteiger partial charge is 0.344 e. The predicted octanol–water partition coefficient (Wildman–Crippen LogP) is 3.57. The molecule has 1 N–H and O–H groups in total. The second-order valence-corrected chi connectivity index (χ2v) is 6.82. The van der Waals surface area contributed by atoms with Crippen LogP contribution in [0.25, 0.3) is 0 Å². The zero-order valence-electron chi connectivity index (χ0n) is 15.0. The van der Waals surface area contributed by atoms with Gasteiger partial charge < -0.3 is 10.2 Å². The van der Waals surface area contributed by atoms with E-state index in [0.29, 0.717) is 13.0 Å². The predicted molar refractivity (Wildman–Crippen MR) is 96.5 cm³/mol. The highest BCUT2D eigenvalue weighted by Crippen LogP contribution is 2.16. The molecule has 0 aromatic heterocycles. The molecule has 1 heterocycles. The van der Waals surface area contributed by atoms with Crippen LogP contribution in [0.2, 0.25) is 0 Å². The van der Waals surface area contributed by atoms with E-state index in [1.54, 1.807) is 0 Å². The summed E-state index contributed by atoms with van der Waals surface area (Å²) in [5.74, 6) is 0.0795. The van der Waals surface area contributed by atoms with Crippen molar-refractivity contribution in [3.63, 3.8) is 0 Å². The van der Waals surface area contributed by atoms with Crippen LogP contribution in [0.1, 0.15) is 63.0 Å². The fraction of sp³-hybridized carbons (Fsp3) is 0.600. The maximum atomic E-state index is 12.8. The van der Waals surface area contributed by atoms with Gasteiger partial charge in [-0.05, 0) is 38.2 Å². The summed E-state index contributed by atoms with van der Waals surface area (Å²) in [5.41, 5.74) is 2.36. The van der Waals surface area contributed by atoms with E-state index < -0.39 is 0 Å². The number of unbranched alkanes of at least 4 members (excludes halogenated alkanes) is 2. The van der Waals surface area contributed by atoms with Gasteiger partial charge in [-0.15, -0.1) is 0 Å². The molecule has 1 fully saturated rings. The second-order valence-electron chi connectivity index (χ2n) is 6.82. The Morgan fingerprint density at radius 1 is 1.21 bits per heavy atom. The van der Waals surface area contributed by atoms with Crippen molar-refractivity contribution in [3.05, 3.63) is 35.4 Å². The first-order valence-corrected chi connectivity index (χ1v) is 9.24. The van der Waals surface area contributed by atoms with Crippen molar-refractivity contribution in [2.45, 2.75) is 71.4 Å². The zero-order valence-corrected chi connectivity index (χ0v) is 15.0. The molecule has 1 saturated heterocycles. The van der Waals surface area contributed by atoms with Crippen molar-refractivity contribution < 1.29 is 9.59 Å². The monoisotopic (exact) mass is 330 g/mol. The van der Waals surface area contributed by atoms with Crippen LogP contribution in [0.4, 0.5) is 0 Å². The summed E-state index contributed by atoms with van der Waals surface area (Å²) in [6.07, 6.45) is 6.32. The molecule has 0 bridgehead atoms. The number of likely N-dealkylation sites (tertiary alicyclic amines) is 1. The summed E-state index contributed by atoms with van der Waals surface area (Å²) in [6, 6.07) is 7.94. The van der Waals surface area contributed by atoms with Crippen LogP contribution >= 0.6 is 0 Å². The third kappa shape index (κ3) is 5.66.